The van der Waals surface area contributed by atoms with Crippen LogP contribution in [0.2, 0.25) is 0 Å². The maximum atomic E-state index is 11.0. The van der Waals surface area contributed by atoms with Gasteiger partial charge in [-0.25, -0.2) is 0 Å². The van der Waals surface area contributed by atoms with E-state index in [4.69, 9.17) is 5.11 Å². The van der Waals surface area contributed by atoms with E-state index in [9.17, 15) is 4.79 Å². The van der Waals surface area contributed by atoms with Crippen molar-refractivity contribution in [2.45, 2.75) is 33.2 Å². The Morgan fingerprint density at radius 3 is 2.44 bits per heavy atom. The first-order valence-corrected chi connectivity index (χ1v) is 6.21. The number of carboxylic acid groups (broad SMARTS) is 1. The van der Waals surface area contributed by atoms with Crippen molar-refractivity contribution in [3.05, 3.63) is 0 Å². The van der Waals surface area contributed by atoms with Crippen LogP contribution in [0.5, 0.6) is 0 Å². The van der Waals surface area contributed by atoms with Crippen molar-refractivity contribution in [3.8, 4) is 0 Å². The highest BCUT2D eigenvalue weighted by Crippen LogP contribution is 2.20. The first-order valence-electron chi connectivity index (χ1n) is 6.21. The molecule has 0 aromatic carbocycles. The zero-order valence-electron chi connectivity index (χ0n) is 10.6. The number of nitrogens with zero attached hydrogens (tertiary/aromatic N) is 1. The van der Waals surface area contributed by atoms with Crippen LogP contribution in [0.4, 0.5) is 0 Å². The SMILES string of the molecule is CCNC(CN1CC(C)CC(C)C1)C(=O)O. The summed E-state index contributed by atoms with van der Waals surface area (Å²) in [4.78, 5) is 13.3. The molecule has 0 amide bonds. The van der Waals surface area contributed by atoms with Crippen molar-refractivity contribution in [3.63, 3.8) is 0 Å². The zero-order chi connectivity index (χ0) is 12.1. The van der Waals surface area contributed by atoms with Crippen molar-refractivity contribution in [1.29, 1.82) is 0 Å². The third-order valence-electron chi connectivity index (χ3n) is 3.13. The highest BCUT2D eigenvalue weighted by atomic mass is 16.4. The molecule has 1 aliphatic heterocycles. The smallest absolute Gasteiger partial charge is 0.322 e. The van der Waals surface area contributed by atoms with E-state index < -0.39 is 12.0 Å². The number of rotatable bonds is 5. The third kappa shape index (κ3) is 4.10. The summed E-state index contributed by atoms with van der Waals surface area (Å²) in [6.07, 6.45) is 1.26. The van der Waals surface area contributed by atoms with Gasteiger partial charge in [0.1, 0.15) is 6.04 Å². The Balaban J connectivity index is 2.47. The summed E-state index contributed by atoms with van der Waals surface area (Å²) < 4.78 is 0. The minimum absolute atomic E-state index is 0.428. The molecule has 1 rings (SSSR count). The Morgan fingerprint density at radius 1 is 1.44 bits per heavy atom. The monoisotopic (exact) mass is 228 g/mol. The second kappa shape index (κ2) is 6.21. The molecule has 4 nitrogen and oxygen atoms in total. The molecule has 0 bridgehead atoms. The maximum Gasteiger partial charge on any atom is 0.322 e. The van der Waals surface area contributed by atoms with Crippen molar-refractivity contribution in [2.75, 3.05) is 26.2 Å². The van der Waals surface area contributed by atoms with Crippen LogP contribution in [0.3, 0.4) is 0 Å². The zero-order valence-corrected chi connectivity index (χ0v) is 10.6. The Bertz CT molecular complexity index is 223. The fourth-order valence-corrected chi connectivity index (χ4v) is 2.68. The van der Waals surface area contributed by atoms with Gasteiger partial charge in [0, 0.05) is 19.6 Å². The standard InChI is InChI=1S/C12H24N2O2/c1-4-13-11(12(15)16)8-14-6-9(2)5-10(3)7-14/h9-11,13H,4-8H2,1-3H3,(H,15,16). The maximum absolute atomic E-state index is 11.0. The van der Waals surface area contributed by atoms with Gasteiger partial charge in [0.15, 0.2) is 0 Å². The van der Waals surface area contributed by atoms with Gasteiger partial charge >= 0.3 is 5.97 Å². The number of nitrogens with one attached hydrogen (secondary N) is 1. The average molecular weight is 228 g/mol. The molecule has 2 N–H and O–H groups in total. The van der Waals surface area contributed by atoms with Gasteiger partial charge in [0.25, 0.3) is 0 Å². The van der Waals surface area contributed by atoms with E-state index in [-0.39, 0.29) is 0 Å². The van der Waals surface area contributed by atoms with Gasteiger partial charge in [-0.15, -0.1) is 0 Å². The predicted molar refractivity (Wildman–Crippen MR) is 64.5 cm³/mol. The van der Waals surface area contributed by atoms with Crippen LogP contribution in [0.1, 0.15) is 27.2 Å². The van der Waals surface area contributed by atoms with Crippen LogP contribution in [0.25, 0.3) is 0 Å². The highest BCUT2D eigenvalue weighted by molar-refractivity contribution is 5.73. The van der Waals surface area contributed by atoms with E-state index >= 15 is 0 Å². The molecule has 0 aliphatic carbocycles. The van der Waals surface area contributed by atoms with Crippen LogP contribution in [-0.4, -0.2) is 48.2 Å². The number of likely N-dealkylation sites (tertiary alicyclic amines) is 1. The molecule has 0 aromatic rings. The summed E-state index contributed by atoms with van der Waals surface area (Å²) in [5.74, 6) is 0.618. The van der Waals surface area contributed by atoms with Crippen LogP contribution in [0.15, 0.2) is 0 Å². The minimum atomic E-state index is -0.743. The van der Waals surface area contributed by atoms with Gasteiger partial charge in [0.05, 0.1) is 0 Å². The first-order chi connectivity index (χ1) is 7.52. The summed E-state index contributed by atoms with van der Waals surface area (Å²) in [5.41, 5.74) is 0. The molecule has 4 heteroatoms. The molecule has 0 spiro atoms. The fourth-order valence-electron chi connectivity index (χ4n) is 2.68. The van der Waals surface area contributed by atoms with Crippen molar-refractivity contribution < 1.29 is 9.90 Å². The molecule has 16 heavy (non-hydrogen) atoms. The van der Waals surface area contributed by atoms with E-state index in [1.807, 2.05) is 6.92 Å². The number of aliphatic carboxylic acids is 1. The number of carbonyl (C=O) groups is 1. The van der Waals surface area contributed by atoms with Gasteiger partial charge in [0.2, 0.25) is 0 Å². The van der Waals surface area contributed by atoms with Gasteiger partial charge in [-0.1, -0.05) is 20.8 Å². The van der Waals surface area contributed by atoms with E-state index in [1.165, 1.54) is 6.42 Å². The molecule has 0 aromatic heterocycles. The van der Waals surface area contributed by atoms with Crippen molar-refractivity contribution in [2.24, 2.45) is 11.8 Å². The normalized spacial score (nSPS) is 28.9. The predicted octanol–water partition coefficient (Wildman–Crippen LogP) is 1.03. The second-order valence-electron chi connectivity index (χ2n) is 5.11. The topological polar surface area (TPSA) is 52.6 Å². The van der Waals surface area contributed by atoms with Crippen LogP contribution in [-0.2, 0) is 4.79 Å². The Morgan fingerprint density at radius 2 is 2.00 bits per heavy atom. The van der Waals surface area contributed by atoms with Gasteiger partial charge < -0.3 is 15.3 Å². The lowest BCUT2D eigenvalue weighted by Gasteiger charge is -2.36. The average Bonchev–Trinajstić information content (AvgIpc) is 2.15. The molecule has 1 aliphatic rings. The summed E-state index contributed by atoms with van der Waals surface area (Å²) in [6.45, 7) is 9.81. The van der Waals surface area contributed by atoms with Crippen LogP contribution in [0, 0.1) is 11.8 Å². The van der Waals surface area contributed by atoms with E-state index in [2.05, 4.69) is 24.1 Å². The number of hydrogen-bond donors (Lipinski definition) is 2. The number of carboxylic acids is 1. The summed E-state index contributed by atoms with van der Waals surface area (Å²) in [6, 6.07) is -0.428. The summed E-state index contributed by atoms with van der Waals surface area (Å²) in [5, 5.41) is 12.1. The van der Waals surface area contributed by atoms with Crippen molar-refractivity contribution in [1.82, 2.24) is 10.2 Å². The third-order valence-corrected chi connectivity index (χ3v) is 3.13. The molecule has 94 valence electrons. The van der Waals surface area contributed by atoms with E-state index in [0.717, 1.165) is 13.1 Å². The number of likely N-dealkylation sites (N-methyl/N-ethyl adjacent to an activating group) is 1. The highest BCUT2D eigenvalue weighted by Gasteiger charge is 2.26. The van der Waals surface area contributed by atoms with E-state index in [0.29, 0.717) is 24.9 Å². The lowest BCUT2D eigenvalue weighted by atomic mass is 9.91. The first kappa shape index (κ1) is 13.5. The molecular weight excluding hydrogens is 204 g/mol. The van der Waals surface area contributed by atoms with Gasteiger partial charge in [-0.3, -0.25) is 4.79 Å². The second-order valence-corrected chi connectivity index (χ2v) is 5.11. The molecule has 3 atom stereocenters. The number of hydrogen-bond acceptors (Lipinski definition) is 3. The molecule has 3 unspecified atom stereocenters. The molecule has 0 saturated carbocycles. The summed E-state index contributed by atoms with van der Waals surface area (Å²) in [7, 11) is 0. The molecule has 1 heterocycles. The Labute approximate surface area is 98.0 Å². The molecule has 1 saturated heterocycles. The van der Waals surface area contributed by atoms with E-state index in [1.54, 1.807) is 0 Å². The molecule has 0 radical (unpaired) electrons. The molecule has 1 fully saturated rings. The van der Waals surface area contributed by atoms with Crippen LogP contribution < -0.4 is 5.32 Å². The van der Waals surface area contributed by atoms with Gasteiger partial charge in [-0.05, 0) is 24.8 Å². The van der Waals surface area contributed by atoms with Crippen molar-refractivity contribution >= 4 is 5.97 Å². The number of piperidine rings is 1. The lowest BCUT2D eigenvalue weighted by molar-refractivity contribution is -0.140. The molecular formula is C12H24N2O2. The van der Waals surface area contributed by atoms with Crippen LogP contribution >= 0.6 is 0 Å². The minimum Gasteiger partial charge on any atom is -0.480 e. The largest absolute Gasteiger partial charge is 0.480 e. The fraction of sp³-hybridized carbons (Fsp3) is 0.917. The Kier molecular flexibility index (Phi) is 5.22. The Hall–Kier alpha value is -0.610. The quantitative estimate of drug-likeness (QED) is 0.738. The van der Waals surface area contributed by atoms with Gasteiger partial charge in [-0.2, -0.15) is 0 Å². The summed E-state index contributed by atoms with van der Waals surface area (Å²) >= 11 is 0. The lowest BCUT2D eigenvalue weighted by Crippen LogP contribution is -2.49.